The van der Waals surface area contributed by atoms with E-state index in [1.54, 1.807) is 9.80 Å². The molecule has 0 saturated carbocycles. The molecular formula is C25H30FN3O4S. The summed E-state index contributed by atoms with van der Waals surface area (Å²) >= 11 is 0. The Bertz CT molecular complexity index is 1150. The number of nitrogens with one attached hydrogen (secondary N) is 1. The predicted octanol–water partition coefficient (Wildman–Crippen LogP) is 3.39. The van der Waals surface area contributed by atoms with Crippen LogP contribution in [-0.4, -0.2) is 51.4 Å². The fourth-order valence-electron chi connectivity index (χ4n) is 4.39. The van der Waals surface area contributed by atoms with Crippen LogP contribution in [-0.2, 0) is 25.8 Å². The van der Waals surface area contributed by atoms with E-state index in [1.807, 2.05) is 24.3 Å². The van der Waals surface area contributed by atoms with Crippen molar-refractivity contribution in [3.8, 4) is 0 Å². The van der Waals surface area contributed by atoms with Crippen LogP contribution < -0.4 is 15.1 Å². The number of unbranched alkanes of at least 4 members (excludes halogenated alkanes) is 1. The number of hydrogen-bond acceptors (Lipinski definition) is 5. The van der Waals surface area contributed by atoms with Gasteiger partial charge < -0.3 is 15.1 Å². The number of aryl methyl sites for hydroxylation is 1. The standard InChI is InChI=1S/C25H30FN3O4S/c1-2-3-4-18-5-8-21(9-6-18)29-17-19(15-24(29)30)25(31)27-20-7-10-22(26)23(16-20)28-11-13-34(32,33)14-12-28/h5-10,16,19H,2-4,11-15,17H2,1H3,(H,27,31)/t19-/m1/s1. The minimum Gasteiger partial charge on any atom is -0.367 e. The van der Waals surface area contributed by atoms with Gasteiger partial charge in [-0.2, -0.15) is 0 Å². The second-order valence-electron chi connectivity index (χ2n) is 8.97. The molecule has 0 unspecified atom stereocenters. The minimum absolute atomic E-state index is 0.0252. The van der Waals surface area contributed by atoms with Gasteiger partial charge in [-0.25, -0.2) is 12.8 Å². The molecule has 2 amide bonds. The summed E-state index contributed by atoms with van der Waals surface area (Å²) in [5.74, 6) is -1.43. The van der Waals surface area contributed by atoms with Gasteiger partial charge in [0, 0.05) is 37.4 Å². The normalized spacial score (nSPS) is 19.9. The third-order valence-corrected chi connectivity index (χ3v) is 8.07. The number of benzene rings is 2. The van der Waals surface area contributed by atoms with Crippen LogP contribution in [0.15, 0.2) is 42.5 Å². The zero-order valence-corrected chi connectivity index (χ0v) is 20.1. The molecule has 2 heterocycles. The summed E-state index contributed by atoms with van der Waals surface area (Å²) in [6.07, 6.45) is 3.36. The monoisotopic (exact) mass is 487 g/mol. The first-order valence-corrected chi connectivity index (χ1v) is 13.5. The first kappa shape index (κ1) is 24.2. The molecule has 0 spiro atoms. The van der Waals surface area contributed by atoms with Crippen LogP contribution in [0.25, 0.3) is 0 Å². The Labute approximate surface area is 199 Å². The number of carbonyl (C=O) groups excluding carboxylic acids is 2. The summed E-state index contributed by atoms with van der Waals surface area (Å²) in [6, 6.07) is 12.2. The number of nitrogens with zero attached hydrogens (tertiary/aromatic N) is 2. The van der Waals surface area contributed by atoms with E-state index in [1.165, 1.54) is 23.8 Å². The molecule has 7 nitrogen and oxygen atoms in total. The summed E-state index contributed by atoms with van der Waals surface area (Å²) in [7, 11) is -3.09. The smallest absolute Gasteiger partial charge is 0.229 e. The van der Waals surface area contributed by atoms with Gasteiger partial charge in [0.05, 0.1) is 23.1 Å². The van der Waals surface area contributed by atoms with Gasteiger partial charge in [-0.1, -0.05) is 25.5 Å². The van der Waals surface area contributed by atoms with E-state index >= 15 is 0 Å². The zero-order valence-electron chi connectivity index (χ0n) is 19.3. The maximum absolute atomic E-state index is 14.4. The van der Waals surface area contributed by atoms with Crippen LogP contribution in [0.4, 0.5) is 21.5 Å². The summed E-state index contributed by atoms with van der Waals surface area (Å²) in [6.45, 7) is 2.85. The van der Waals surface area contributed by atoms with Crippen LogP contribution in [0.2, 0.25) is 0 Å². The van der Waals surface area contributed by atoms with Crippen molar-refractivity contribution in [2.24, 2.45) is 5.92 Å². The Kier molecular flexibility index (Phi) is 7.21. The lowest BCUT2D eigenvalue weighted by Gasteiger charge is -2.29. The lowest BCUT2D eigenvalue weighted by Crippen LogP contribution is -2.40. The molecule has 1 N–H and O–H groups in total. The molecule has 2 aromatic carbocycles. The zero-order chi connectivity index (χ0) is 24.3. The van der Waals surface area contributed by atoms with Gasteiger partial charge in [-0.3, -0.25) is 9.59 Å². The van der Waals surface area contributed by atoms with Crippen molar-refractivity contribution in [2.45, 2.75) is 32.6 Å². The van der Waals surface area contributed by atoms with Crippen molar-refractivity contribution < 1.29 is 22.4 Å². The Morgan fingerprint density at radius 2 is 1.82 bits per heavy atom. The number of carbonyl (C=O) groups is 2. The lowest BCUT2D eigenvalue weighted by molar-refractivity contribution is -0.122. The Hall–Kier alpha value is -2.94. The fraction of sp³-hybridized carbons (Fsp3) is 0.440. The summed E-state index contributed by atoms with van der Waals surface area (Å²) in [5.41, 5.74) is 2.69. The number of sulfone groups is 1. The highest BCUT2D eigenvalue weighted by molar-refractivity contribution is 7.91. The topological polar surface area (TPSA) is 86.8 Å². The van der Waals surface area contributed by atoms with Crippen LogP contribution in [0, 0.1) is 11.7 Å². The van der Waals surface area contributed by atoms with Crippen molar-refractivity contribution in [1.82, 2.24) is 0 Å². The highest BCUT2D eigenvalue weighted by atomic mass is 32.2. The maximum atomic E-state index is 14.4. The fourth-order valence-corrected chi connectivity index (χ4v) is 5.59. The molecule has 1 atom stereocenters. The van der Waals surface area contributed by atoms with E-state index in [2.05, 4.69) is 12.2 Å². The molecule has 2 fully saturated rings. The number of rotatable bonds is 7. The van der Waals surface area contributed by atoms with Gasteiger partial charge in [-0.15, -0.1) is 0 Å². The van der Waals surface area contributed by atoms with Gasteiger partial charge in [-0.05, 0) is 48.7 Å². The van der Waals surface area contributed by atoms with Crippen molar-refractivity contribution >= 4 is 38.7 Å². The number of halogens is 1. The molecule has 2 aliphatic heterocycles. The Morgan fingerprint density at radius 1 is 1.12 bits per heavy atom. The molecule has 0 bridgehead atoms. The number of anilines is 3. The molecule has 34 heavy (non-hydrogen) atoms. The molecule has 4 rings (SSSR count). The van der Waals surface area contributed by atoms with Crippen LogP contribution in [0.1, 0.15) is 31.7 Å². The SMILES string of the molecule is CCCCc1ccc(N2C[C@H](C(=O)Nc3ccc(F)c(N4CCS(=O)(=O)CC4)c3)CC2=O)cc1. The molecular weight excluding hydrogens is 457 g/mol. The van der Waals surface area contributed by atoms with Crippen LogP contribution >= 0.6 is 0 Å². The third-order valence-electron chi connectivity index (χ3n) is 6.46. The van der Waals surface area contributed by atoms with E-state index in [-0.39, 0.29) is 55.1 Å². The predicted molar refractivity (Wildman–Crippen MR) is 131 cm³/mol. The van der Waals surface area contributed by atoms with E-state index in [4.69, 9.17) is 0 Å². The van der Waals surface area contributed by atoms with Gasteiger partial charge >= 0.3 is 0 Å². The average Bonchev–Trinajstić information content (AvgIpc) is 3.21. The number of amides is 2. The van der Waals surface area contributed by atoms with E-state index < -0.39 is 21.6 Å². The second-order valence-corrected chi connectivity index (χ2v) is 11.3. The first-order chi connectivity index (χ1) is 16.3. The first-order valence-electron chi connectivity index (χ1n) is 11.7. The van der Waals surface area contributed by atoms with Crippen molar-refractivity contribution in [3.05, 3.63) is 53.8 Å². The highest BCUT2D eigenvalue weighted by Crippen LogP contribution is 2.29. The van der Waals surface area contributed by atoms with Crippen molar-refractivity contribution in [1.29, 1.82) is 0 Å². The van der Waals surface area contributed by atoms with Gasteiger partial charge in [0.1, 0.15) is 5.82 Å². The molecule has 0 aromatic heterocycles. The quantitative estimate of drug-likeness (QED) is 0.647. The molecule has 9 heteroatoms. The summed E-state index contributed by atoms with van der Waals surface area (Å²) < 4.78 is 37.8. The van der Waals surface area contributed by atoms with Gasteiger partial charge in [0.15, 0.2) is 9.84 Å². The molecule has 2 aromatic rings. The maximum Gasteiger partial charge on any atom is 0.229 e. The average molecular weight is 488 g/mol. The Balaban J connectivity index is 1.40. The van der Waals surface area contributed by atoms with Crippen LogP contribution in [0.5, 0.6) is 0 Å². The molecule has 182 valence electrons. The molecule has 2 aliphatic rings. The molecule has 2 saturated heterocycles. The van der Waals surface area contributed by atoms with E-state index in [9.17, 15) is 22.4 Å². The highest BCUT2D eigenvalue weighted by Gasteiger charge is 2.35. The molecule has 0 radical (unpaired) electrons. The van der Waals surface area contributed by atoms with Crippen molar-refractivity contribution in [3.63, 3.8) is 0 Å². The summed E-state index contributed by atoms with van der Waals surface area (Å²) in [4.78, 5) is 28.8. The largest absolute Gasteiger partial charge is 0.367 e. The minimum atomic E-state index is -3.09. The summed E-state index contributed by atoms with van der Waals surface area (Å²) in [5, 5.41) is 2.80. The third kappa shape index (κ3) is 5.58. The second kappa shape index (κ2) is 10.1. The molecule has 0 aliphatic carbocycles. The number of hydrogen-bond donors (Lipinski definition) is 1. The van der Waals surface area contributed by atoms with E-state index in [0.717, 1.165) is 24.9 Å². The van der Waals surface area contributed by atoms with Gasteiger partial charge in [0.2, 0.25) is 11.8 Å². The van der Waals surface area contributed by atoms with E-state index in [0.29, 0.717) is 5.69 Å². The van der Waals surface area contributed by atoms with Crippen LogP contribution in [0.3, 0.4) is 0 Å². The van der Waals surface area contributed by atoms with Crippen molar-refractivity contribution in [2.75, 3.05) is 46.3 Å². The van der Waals surface area contributed by atoms with Gasteiger partial charge in [0.25, 0.3) is 0 Å². The lowest BCUT2D eigenvalue weighted by atomic mass is 10.1. The Morgan fingerprint density at radius 3 is 2.50 bits per heavy atom.